The summed E-state index contributed by atoms with van der Waals surface area (Å²) in [4.78, 5) is 4.41. The first-order valence-corrected chi connectivity index (χ1v) is 9.20. The molecule has 0 amide bonds. The maximum Gasteiger partial charge on any atom is 0.123 e. The maximum absolute atomic E-state index is 5.56. The Hall–Kier alpha value is -1.91. The molecule has 25 heavy (non-hydrogen) atoms. The molecule has 2 aromatic rings. The van der Waals surface area contributed by atoms with E-state index < -0.39 is 0 Å². The van der Waals surface area contributed by atoms with Gasteiger partial charge >= 0.3 is 0 Å². The van der Waals surface area contributed by atoms with Gasteiger partial charge in [0.1, 0.15) is 5.75 Å². The van der Waals surface area contributed by atoms with Crippen LogP contribution < -0.4 is 15.4 Å². The van der Waals surface area contributed by atoms with Crippen LogP contribution in [0.5, 0.6) is 5.75 Å². The summed E-state index contributed by atoms with van der Waals surface area (Å²) in [5.41, 5.74) is 4.57. The number of aryl methyl sites for hydroxylation is 1. The number of methoxy groups -OCH3 is 1. The van der Waals surface area contributed by atoms with Crippen molar-refractivity contribution in [2.24, 2.45) is 0 Å². The lowest BCUT2D eigenvalue weighted by molar-refractivity contribution is 0.315. The predicted molar refractivity (Wildman–Crippen MR) is 103 cm³/mol. The zero-order valence-electron chi connectivity index (χ0n) is 15.5. The van der Waals surface area contributed by atoms with E-state index in [1.165, 1.54) is 36.8 Å². The molecule has 1 aromatic heterocycles. The van der Waals surface area contributed by atoms with Crippen LogP contribution in [0.15, 0.2) is 36.5 Å². The number of ether oxygens (including phenoxy) is 1. The molecule has 4 nitrogen and oxygen atoms in total. The second-order valence-corrected chi connectivity index (χ2v) is 6.93. The lowest BCUT2D eigenvalue weighted by atomic mass is 9.91. The van der Waals surface area contributed by atoms with Gasteiger partial charge in [-0.05, 0) is 63.4 Å². The summed E-state index contributed by atoms with van der Waals surface area (Å²) in [5, 5.41) is 7.11. The summed E-state index contributed by atoms with van der Waals surface area (Å²) >= 11 is 0. The normalized spacial score (nSPS) is 20.4. The van der Waals surface area contributed by atoms with Crippen LogP contribution in [-0.2, 0) is 6.54 Å². The minimum Gasteiger partial charge on any atom is -0.496 e. The van der Waals surface area contributed by atoms with Crippen LogP contribution in [0, 0.1) is 6.92 Å². The Bertz CT molecular complexity index is 676. The molecule has 1 aliphatic rings. The summed E-state index contributed by atoms with van der Waals surface area (Å²) in [6.45, 7) is 2.85. The van der Waals surface area contributed by atoms with E-state index in [0.717, 1.165) is 23.6 Å². The van der Waals surface area contributed by atoms with Crippen molar-refractivity contribution in [1.82, 2.24) is 15.6 Å². The fourth-order valence-electron chi connectivity index (χ4n) is 3.58. The van der Waals surface area contributed by atoms with E-state index in [4.69, 9.17) is 4.74 Å². The van der Waals surface area contributed by atoms with E-state index in [0.29, 0.717) is 12.1 Å². The molecular weight excluding hydrogens is 310 g/mol. The topological polar surface area (TPSA) is 46.2 Å². The van der Waals surface area contributed by atoms with Crippen LogP contribution >= 0.6 is 0 Å². The summed E-state index contributed by atoms with van der Waals surface area (Å²) in [5.74, 6) is 0.945. The van der Waals surface area contributed by atoms with Crippen molar-refractivity contribution in [3.8, 4) is 16.9 Å². The largest absolute Gasteiger partial charge is 0.496 e. The van der Waals surface area contributed by atoms with Gasteiger partial charge in [0.2, 0.25) is 0 Å². The monoisotopic (exact) mass is 339 g/mol. The average molecular weight is 339 g/mol. The first kappa shape index (κ1) is 17.9. The SMILES string of the molecule is CNC1CCC(NCc2cc(-c3ccc(C)nc3)ccc2OC)CC1. The van der Waals surface area contributed by atoms with Gasteiger partial charge in [-0.1, -0.05) is 12.1 Å². The molecule has 1 saturated carbocycles. The fourth-order valence-corrected chi connectivity index (χ4v) is 3.58. The first-order valence-electron chi connectivity index (χ1n) is 9.20. The molecule has 134 valence electrons. The van der Waals surface area contributed by atoms with E-state index in [2.05, 4.69) is 53.0 Å². The smallest absolute Gasteiger partial charge is 0.123 e. The Kier molecular flexibility index (Phi) is 6.05. The van der Waals surface area contributed by atoms with Crippen molar-refractivity contribution in [3.63, 3.8) is 0 Å². The lowest BCUT2D eigenvalue weighted by Gasteiger charge is -2.29. The van der Waals surface area contributed by atoms with Crippen LogP contribution in [0.4, 0.5) is 0 Å². The lowest BCUT2D eigenvalue weighted by Crippen LogP contribution is -2.38. The minimum absolute atomic E-state index is 0.596. The van der Waals surface area contributed by atoms with E-state index in [1.54, 1.807) is 7.11 Å². The number of hydrogen-bond acceptors (Lipinski definition) is 4. The molecule has 0 radical (unpaired) electrons. The van der Waals surface area contributed by atoms with Gasteiger partial charge in [0.05, 0.1) is 7.11 Å². The highest BCUT2D eigenvalue weighted by Gasteiger charge is 2.19. The molecule has 1 aliphatic carbocycles. The summed E-state index contributed by atoms with van der Waals surface area (Å²) < 4.78 is 5.56. The van der Waals surface area contributed by atoms with Crippen LogP contribution in [0.2, 0.25) is 0 Å². The molecule has 0 atom stereocenters. The predicted octanol–water partition coefficient (Wildman–Crippen LogP) is 3.69. The molecule has 0 bridgehead atoms. The number of hydrogen-bond donors (Lipinski definition) is 2. The number of rotatable bonds is 6. The molecule has 0 unspecified atom stereocenters. The van der Waals surface area contributed by atoms with Gasteiger partial charge in [0.25, 0.3) is 0 Å². The Balaban J connectivity index is 1.69. The number of benzene rings is 1. The molecule has 3 rings (SSSR count). The van der Waals surface area contributed by atoms with Crippen molar-refractivity contribution >= 4 is 0 Å². The maximum atomic E-state index is 5.56. The average Bonchev–Trinajstić information content (AvgIpc) is 2.67. The molecule has 2 N–H and O–H groups in total. The van der Waals surface area contributed by atoms with E-state index >= 15 is 0 Å². The molecule has 1 aromatic carbocycles. The number of aromatic nitrogens is 1. The quantitative estimate of drug-likeness (QED) is 0.843. The van der Waals surface area contributed by atoms with Crippen LogP contribution in [-0.4, -0.2) is 31.2 Å². The van der Waals surface area contributed by atoms with Gasteiger partial charge in [0, 0.05) is 41.6 Å². The van der Waals surface area contributed by atoms with E-state index in [9.17, 15) is 0 Å². The zero-order chi connectivity index (χ0) is 17.6. The van der Waals surface area contributed by atoms with Gasteiger partial charge < -0.3 is 15.4 Å². The molecule has 4 heteroatoms. The summed E-state index contributed by atoms with van der Waals surface area (Å²) in [7, 11) is 3.80. The highest BCUT2D eigenvalue weighted by atomic mass is 16.5. The van der Waals surface area contributed by atoms with Gasteiger partial charge in [0.15, 0.2) is 0 Å². The Morgan fingerprint density at radius 2 is 1.76 bits per heavy atom. The molecule has 0 saturated heterocycles. The highest BCUT2D eigenvalue weighted by molar-refractivity contribution is 5.65. The van der Waals surface area contributed by atoms with Crippen molar-refractivity contribution in [1.29, 1.82) is 0 Å². The number of pyridine rings is 1. The van der Waals surface area contributed by atoms with Gasteiger partial charge in [-0.25, -0.2) is 0 Å². The summed E-state index contributed by atoms with van der Waals surface area (Å²) in [6.07, 6.45) is 6.90. The number of nitrogens with one attached hydrogen (secondary N) is 2. The third-order valence-corrected chi connectivity index (χ3v) is 5.24. The molecule has 1 heterocycles. The first-order chi connectivity index (χ1) is 12.2. The van der Waals surface area contributed by atoms with Crippen LogP contribution in [0.25, 0.3) is 11.1 Å². The Morgan fingerprint density at radius 1 is 1.04 bits per heavy atom. The van der Waals surface area contributed by atoms with Crippen molar-refractivity contribution in [2.45, 2.75) is 51.2 Å². The Morgan fingerprint density at radius 3 is 2.40 bits per heavy atom. The second-order valence-electron chi connectivity index (χ2n) is 6.93. The molecule has 0 spiro atoms. The zero-order valence-corrected chi connectivity index (χ0v) is 15.5. The van der Waals surface area contributed by atoms with E-state index in [-0.39, 0.29) is 0 Å². The van der Waals surface area contributed by atoms with Gasteiger partial charge in [-0.2, -0.15) is 0 Å². The molecular formula is C21H29N3O. The number of nitrogens with zero attached hydrogens (tertiary/aromatic N) is 1. The standard InChI is InChI=1S/C21H29N3O/c1-15-4-5-17(13-23-15)16-6-11-21(25-3)18(12-16)14-24-20-9-7-19(22-2)8-10-20/h4-6,11-13,19-20,22,24H,7-10,14H2,1-3H3. The van der Waals surface area contributed by atoms with Crippen molar-refractivity contribution in [3.05, 3.63) is 47.8 Å². The van der Waals surface area contributed by atoms with E-state index in [1.807, 2.05) is 13.1 Å². The third kappa shape index (κ3) is 4.59. The van der Waals surface area contributed by atoms with Crippen molar-refractivity contribution < 1.29 is 4.74 Å². The highest BCUT2D eigenvalue weighted by Crippen LogP contribution is 2.27. The minimum atomic E-state index is 0.596. The molecule has 1 fully saturated rings. The van der Waals surface area contributed by atoms with Crippen LogP contribution in [0.1, 0.15) is 36.9 Å². The van der Waals surface area contributed by atoms with Crippen molar-refractivity contribution in [2.75, 3.05) is 14.2 Å². The Labute approximate surface area is 151 Å². The molecule has 0 aliphatic heterocycles. The second kappa shape index (κ2) is 8.45. The fraction of sp³-hybridized carbons (Fsp3) is 0.476. The third-order valence-electron chi connectivity index (χ3n) is 5.24. The van der Waals surface area contributed by atoms with Gasteiger partial charge in [-0.3, -0.25) is 4.98 Å². The summed E-state index contributed by atoms with van der Waals surface area (Å²) in [6, 6.07) is 11.8. The van der Waals surface area contributed by atoms with Crippen LogP contribution in [0.3, 0.4) is 0 Å². The van der Waals surface area contributed by atoms with Gasteiger partial charge in [-0.15, -0.1) is 0 Å².